The van der Waals surface area contributed by atoms with Gasteiger partial charge in [-0.05, 0) is 0 Å². The molecule has 3 rings (SSSR count). The molecule has 0 radical (unpaired) electrons. The molecule has 0 saturated carbocycles. The van der Waals surface area contributed by atoms with E-state index in [0.717, 1.165) is 18.8 Å². The number of aryl methyl sites for hydroxylation is 1. The van der Waals surface area contributed by atoms with Gasteiger partial charge in [0.05, 0.1) is 12.7 Å². The Morgan fingerprint density at radius 2 is 2.35 bits per heavy atom. The highest BCUT2D eigenvalue weighted by Gasteiger charge is 2.39. The Morgan fingerprint density at radius 3 is 3.12 bits per heavy atom. The first-order chi connectivity index (χ1) is 8.12. The molecule has 1 aromatic heterocycles. The van der Waals surface area contributed by atoms with Gasteiger partial charge in [-0.3, -0.25) is 4.90 Å². The van der Waals surface area contributed by atoms with E-state index < -0.39 is 5.92 Å². The molecule has 4 nitrogen and oxygen atoms in total. The van der Waals surface area contributed by atoms with Crippen LogP contribution in [-0.4, -0.2) is 46.3 Å². The molecule has 0 amide bonds. The Balaban J connectivity index is 1.58. The Hall–Kier alpha value is -1.17. The first-order valence-electron chi connectivity index (χ1n) is 5.91. The van der Waals surface area contributed by atoms with Crippen LogP contribution in [0.4, 0.5) is 8.78 Å². The van der Waals surface area contributed by atoms with Gasteiger partial charge < -0.3 is 4.74 Å². The summed E-state index contributed by atoms with van der Waals surface area (Å²) >= 11 is 0. The summed E-state index contributed by atoms with van der Waals surface area (Å²) in [5.41, 5.74) is 0. The molecule has 1 atom stereocenters. The third-order valence-electron chi connectivity index (χ3n) is 3.34. The minimum absolute atomic E-state index is 0.00750. The van der Waals surface area contributed by atoms with E-state index in [-0.39, 0.29) is 19.1 Å². The van der Waals surface area contributed by atoms with Gasteiger partial charge in [0, 0.05) is 38.5 Å². The first kappa shape index (κ1) is 11.0. The number of rotatable bonds is 2. The molecule has 17 heavy (non-hydrogen) atoms. The molecule has 2 aliphatic heterocycles. The molecule has 0 N–H and O–H groups in total. The van der Waals surface area contributed by atoms with E-state index in [1.54, 1.807) is 15.8 Å². The van der Waals surface area contributed by atoms with Crippen molar-refractivity contribution in [2.24, 2.45) is 0 Å². The van der Waals surface area contributed by atoms with Crippen LogP contribution in [0.5, 0.6) is 5.88 Å². The second-order valence-electron chi connectivity index (χ2n) is 4.76. The lowest BCUT2D eigenvalue weighted by Crippen LogP contribution is -2.38. The van der Waals surface area contributed by atoms with Gasteiger partial charge >= 0.3 is 0 Å². The van der Waals surface area contributed by atoms with Crippen molar-refractivity contribution in [3.63, 3.8) is 0 Å². The quantitative estimate of drug-likeness (QED) is 0.786. The van der Waals surface area contributed by atoms with Crippen LogP contribution in [-0.2, 0) is 6.54 Å². The molecule has 0 aromatic carbocycles. The van der Waals surface area contributed by atoms with Crippen molar-refractivity contribution in [2.75, 3.05) is 19.6 Å². The highest BCUT2D eigenvalue weighted by Crippen LogP contribution is 2.28. The molecule has 1 fully saturated rings. The number of alkyl halides is 2. The third kappa shape index (κ3) is 2.26. The van der Waals surface area contributed by atoms with Gasteiger partial charge in [0.15, 0.2) is 0 Å². The lowest BCUT2D eigenvalue weighted by Gasteiger charge is -2.28. The predicted molar refractivity (Wildman–Crippen MR) is 57.3 cm³/mol. The number of halogens is 2. The van der Waals surface area contributed by atoms with E-state index in [1.165, 1.54) is 0 Å². The maximum Gasteiger partial charge on any atom is 0.261 e. The van der Waals surface area contributed by atoms with Crippen LogP contribution in [0, 0.1) is 0 Å². The summed E-state index contributed by atoms with van der Waals surface area (Å²) in [6.07, 6.45) is 2.50. The molecule has 94 valence electrons. The number of aromatic nitrogens is 2. The minimum Gasteiger partial charge on any atom is -0.473 e. The molecule has 6 heteroatoms. The largest absolute Gasteiger partial charge is 0.473 e. The lowest BCUT2D eigenvalue weighted by atomic mass is 10.2. The fourth-order valence-electron chi connectivity index (χ4n) is 2.46. The molecule has 2 aliphatic rings. The van der Waals surface area contributed by atoms with Crippen LogP contribution in [0.15, 0.2) is 12.3 Å². The molecule has 1 aromatic rings. The first-order valence-corrected chi connectivity index (χ1v) is 5.91. The van der Waals surface area contributed by atoms with Gasteiger partial charge in [-0.25, -0.2) is 13.5 Å². The average Bonchev–Trinajstić information content (AvgIpc) is 2.84. The lowest BCUT2D eigenvalue weighted by molar-refractivity contribution is 0.00654. The molecule has 0 spiro atoms. The van der Waals surface area contributed by atoms with Crippen LogP contribution in [0.25, 0.3) is 0 Å². The Kier molecular flexibility index (Phi) is 2.54. The normalized spacial score (nSPS) is 27.8. The van der Waals surface area contributed by atoms with Gasteiger partial charge in [0.25, 0.3) is 5.92 Å². The van der Waals surface area contributed by atoms with E-state index in [9.17, 15) is 8.78 Å². The molecular weight excluding hydrogens is 228 g/mol. The number of likely N-dealkylation sites (tertiary alicyclic amines) is 1. The van der Waals surface area contributed by atoms with Gasteiger partial charge in [-0.2, -0.15) is 5.10 Å². The van der Waals surface area contributed by atoms with E-state index in [1.807, 2.05) is 6.07 Å². The smallest absolute Gasteiger partial charge is 0.261 e. The highest BCUT2D eigenvalue weighted by atomic mass is 19.3. The van der Waals surface area contributed by atoms with Gasteiger partial charge in [-0.15, -0.1) is 0 Å². The second kappa shape index (κ2) is 3.94. The highest BCUT2D eigenvalue weighted by molar-refractivity contribution is 5.10. The molecule has 1 saturated heterocycles. The van der Waals surface area contributed by atoms with Crippen molar-refractivity contribution >= 4 is 0 Å². The van der Waals surface area contributed by atoms with Crippen molar-refractivity contribution in [3.8, 4) is 5.88 Å². The fourth-order valence-corrected chi connectivity index (χ4v) is 2.46. The Morgan fingerprint density at radius 1 is 1.47 bits per heavy atom. The van der Waals surface area contributed by atoms with Crippen molar-refractivity contribution in [1.82, 2.24) is 14.7 Å². The summed E-state index contributed by atoms with van der Waals surface area (Å²) in [4.78, 5) is 1.79. The van der Waals surface area contributed by atoms with Gasteiger partial charge in [0.2, 0.25) is 5.88 Å². The van der Waals surface area contributed by atoms with Gasteiger partial charge in [0.1, 0.15) is 6.10 Å². The second-order valence-corrected chi connectivity index (χ2v) is 4.76. The number of ether oxygens (including phenoxy) is 1. The van der Waals surface area contributed by atoms with E-state index >= 15 is 0 Å². The molecule has 1 unspecified atom stereocenters. The summed E-state index contributed by atoms with van der Waals surface area (Å²) in [6, 6.07) is 1.81. The van der Waals surface area contributed by atoms with Crippen molar-refractivity contribution < 1.29 is 13.5 Å². The molecule has 0 aliphatic carbocycles. The summed E-state index contributed by atoms with van der Waals surface area (Å²) in [6.45, 7) is 1.72. The molecule has 0 bridgehead atoms. The summed E-state index contributed by atoms with van der Waals surface area (Å²) in [5, 5.41) is 4.10. The van der Waals surface area contributed by atoms with Crippen LogP contribution in [0.1, 0.15) is 12.8 Å². The summed E-state index contributed by atoms with van der Waals surface area (Å²) in [7, 11) is 0. The van der Waals surface area contributed by atoms with Crippen LogP contribution < -0.4 is 4.74 Å². The number of hydrogen-bond donors (Lipinski definition) is 0. The zero-order chi connectivity index (χ0) is 11.9. The Labute approximate surface area is 98.2 Å². The van der Waals surface area contributed by atoms with Crippen LogP contribution in [0.2, 0.25) is 0 Å². The van der Waals surface area contributed by atoms with E-state index in [2.05, 4.69) is 5.10 Å². The zero-order valence-corrected chi connectivity index (χ0v) is 9.48. The zero-order valence-electron chi connectivity index (χ0n) is 9.48. The number of hydrogen-bond acceptors (Lipinski definition) is 3. The third-order valence-corrected chi connectivity index (χ3v) is 3.34. The molecule has 3 heterocycles. The minimum atomic E-state index is -2.52. The monoisotopic (exact) mass is 243 g/mol. The maximum absolute atomic E-state index is 13.0. The maximum atomic E-state index is 13.0. The SMILES string of the molecule is FC1(F)CCN(CC2CCn3nccc3O2)C1. The number of fused-ring (bicyclic) bond motifs is 1. The van der Waals surface area contributed by atoms with E-state index in [4.69, 9.17) is 4.74 Å². The van der Waals surface area contributed by atoms with Crippen LogP contribution >= 0.6 is 0 Å². The summed E-state index contributed by atoms with van der Waals surface area (Å²) in [5.74, 6) is -1.77. The molecular formula is C11H15F2N3O. The summed E-state index contributed by atoms with van der Waals surface area (Å²) < 4.78 is 33.6. The van der Waals surface area contributed by atoms with Crippen molar-refractivity contribution in [3.05, 3.63) is 12.3 Å². The van der Waals surface area contributed by atoms with Crippen LogP contribution in [0.3, 0.4) is 0 Å². The van der Waals surface area contributed by atoms with Gasteiger partial charge in [-0.1, -0.05) is 0 Å². The topological polar surface area (TPSA) is 30.3 Å². The number of nitrogens with zero attached hydrogens (tertiary/aromatic N) is 3. The standard InChI is InChI=1S/C11H15F2N3O/c12-11(13)3-6-15(8-11)7-9-2-5-16-10(17-9)1-4-14-16/h1,4,9H,2-3,5-8H2. The predicted octanol–water partition coefficient (Wildman–Crippen LogP) is 1.38. The van der Waals surface area contributed by atoms with Crippen molar-refractivity contribution in [1.29, 1.82) is 0 Å². The fraction of sp³-hybridized carbons (Fsp3) is 0.727. The average molecular weight is 243 g/mol. The Bertz CT molecular complexity index is 407. The van der Waals surface area contributed by atoms with Crippen molar-refractivity contribution in [2.45, 2.75) is 31.4 Å². The van der Waals surface area contributed by atoms with E-state index in [0.29, 0.717) is 13.1 Å².